The lowest BCUT2D eigenvalue weighted by atomic mass is 9.77. The standard InChI is InChI=1S/C11H22N2O2S/c1-13(2)16(14,15)8-10-7-12-9-11(10)5-3-4-6-11/h10,12H,3-9H2,1-2H3. The molecule has 0 amide bonds. The first-order chi connectivity index (χ1) is 7.46. The Labute approximate surface area is 98.4 Å². The first kappa shape index (κ1) is 12.3. The molecule has 1 aliphatic heterocycles. The number of hydrogen-bond acceptors (Lipinski definition) is 3. The largest absolute Gasteiger partial charge is 0.316 e. The molecule has 1 unspecified atom stereocenters. The summed E-state index contributed by atoms with van der Waals surface area (Å²) in [7, 11) is 0.196. The summed E-state index contributed by atoms with van der Waals surface area (Å²) in [5.41, 5.74) is 0.281. The summed E-state index contributed by atoms with van der Waals surface area (Å²) in [6, 6.07) is 0. The zero-order chi connectivity index (χ0) is 11.8. The van der Waals surface area contributed by atoms with E-state index < -0.39 is 10.0 Å². The van der Waals surface area contributed by atoms with E-state index in [-0.39, 0.29) is 5.41 Å². The van der Waals surface area contributed by atoms with Crippen molar-refractivity contribution < 1.29 is 8.42 Å². The minimum atomic E-state index is -3.05. The van der Waals surface area contributed by atoms with Crippen molar-refractivity contribution >= 4 is 10.0 Å². The Bertz CT molecular complexity index is 339. The van der Waals surface area contributed by atoms with E-state index in [1.165, 1.54) is 30.0 Å². The van der Waals surface area contributed by atoms with Gasteiger partial charge < -0.3 is 5.32 Å². The molecule has 0 aromatic rings. The molecule has 1 heterocycles. The zero-order valence-electron chi connectivity index (χ0n) is 10.2. The normalized spacial score (nSPS) is 29.3. The van der Waals surface area contributed by atoms with Gasteiger partial charge in [-0.2, -0.15) is 0 Å². The topological polar surface area (TPSA) is 49.4 Å². The van der Waals surface area contributed by atoms with Crippen LogP contribution in [-0.4, -0.2) is 45.7 Å². The molecule has 1 spiro atoms. The molecular formula is C11H22N2O2S. The molecular weight excluding hydrogens is 224 g/mol. The number of rotatable bonds is 3. The molecule has 0 bridgehead atoms. The van der Waals surface area contributed by atoms with Gasteiger partial charge in [0.15, 0.2) is 0 Å². The van der Waals surface area contributed by atoms with Crippen molar-refractivity contribution in [2.45, 2.75) is 25.7 Å². The maximum absolute atomic E-state index is 11.9. The van der Waals surface area contributed by atoms with Crippen LogP contribution in [0.4, 0.5) is 0 Å². The summed E-state index contributed by atoms with van der Waals surface area (Å²) >= 11 is 0. The highest BCUT2D eigenvalue weighted by atomic mass is 32.2. The third-order valence-corrected chi connectivity index (χ3v) is 6.24. The number of nitrogens with one attached hydrogen (secondary N) is 1. The van der Waals surface area contributed by atoms with Crippen molar-refractivity contribution in [2.24, 2.45) is 11.3 Å². The Kier molecular flexibility index (Phi) is 3.29. The Morgan fingerprint density at radius 1 is 1.31 bits per heavy atom. The predicted octanol–water partition coefficient (Wildman–Crippen LogP) is 0.658. The smallest absolute Gasteiger partial charge is 0.213 e. The average Bonchev–Trinajstić information content (AvgIpc) is 2.79. The maximum Gasteiger partial charge on any atom is 0.213 e. The van der Waals surface area contributed by atoms with Crippen LogP contribution in [0, 0.1) is 11.3 Å². The van der Waals surface area contributed by atoms with Crippen LogP contribution in [0.2, 0.25) is 0 Å². The fourth-order valence-corrected chi connectivity index (χ4v) is 4.44. The van der Waals surface area contributed by atoms with E-state index >= 15 is 0 Å². The SMILES string of the molecule is CN(C)S(=O)(=O)CC1CNCC12CCCC2. The van der Waals surface area contributed by atoms with Crippen LogP contribution in [0.25, 0.3) is 0 Å². The van der Waals surface area contributed by atoms with E-state index in [2.05, 4.69) is 5.32 Å². The lowest BCUT2D eigenvalue weighted by Crippen LogP contribution is -2.36. The van der Waals surface area contributed by atoms with Gasteiger partial charge in [-0.25, -0.2) is 12.7 Å². The van der Waals surface area contributed by atoms with E-state index in [1.807, 2.05) is 0 Å². The Morgan fingerprint density at radius 3 is 2.50 bits per heavy atom. The second-order valence-corrected chi connectivity index (χ2v) is 7.69. The number of sulfonamides is 1. The van der Waals surface area contributed by atoms with Gasteiger partial charge in [0.1, 0.15) is 0 Å². The maximum atomic E-state index is 11.9. The first-order valence-corrected chi connectivity index (χ1v) is 7.68. The van der Waals surface area contributed by atoms with Crippen molar-refractivity contribution in [3.8, 4) is 0 Å². The van der Waals surface area contributed by atoms with Crippen LogP contribution < -0.4 is 5.32 Å². The van der Waals surface area contributed by atoms with Gasteiger partial charge in [-0.3, -0.25) is 0 Å². The molecule has 4 nitrogen and oxygen atoms in total. The van der Waals surface area contributed by atoms with Gasteiger partial charge in [-0.1, -0.05) is 12.8 Å². The molecule has 1 aliphatic carbocycles. The number of hydrogen-bond donors (Lipinski definition) is 1. The van der Waals surface area contributed by atoms with Crippen molar-refractivity contribution in [1.29, 1.82) is 0 Å². The predicted molar refractivity (Wildman–Crippen MR) is 64.7 cm³/mol. The van der Waals surface area contributed by atoms with Gasteiger partial charge in [-0.05, 0) is 30.7 Å². The average molecular weight is 246 g/mol. The molecule has 94 valence electrons. The molecule has 0 aromatic heterocycles. The monoisotopic (exact) mass is 246 g/mol. The van der Waals surface area contributed by atoms with Gasteiger partial charge in [0.25, 0.3) is 0 Å². The minimum absolute atomic E-state index is 0.281. The molecule has 0 radical (unpaired) electrons. The van der Waals surface area contributed by atoms with E-state index in [4.69, 9.17) is 0 Å². The van der Waals surface area contributed by atoms with E-state index in [1.54, 1.807) is 14.1 Å². The van der Waals surface area contributed by atoms with Crippen LogP contribution >= 0.6 is 0 Å². The van der Waals surface area contributed by atoms with Gasteiger partial charge in [0.2, 0.25) is 10.0 Å². The second-order valence-electron chi connectivity index (χ2n) is 5.46. The van der Waals surface area contributed by atoms with E-state index in [9.17, 15) is 8.42 Å². The minimum Gasteiger partial charge on any atom is -0.316 e. The molecule has 2 fully saturated rings. The summed E-state index contributed by atoms with van der Waals surface area (Å²) in [6.45, 7) is 1.88. The van der Waals surface area contributed by atoms with Gasteiger partial charge >= 0.3 is 0 Å². The highest BCUT2D eigenvalue weighted by Crippen LogP contribution is 2.46. The van der Waals surface area contributed by atoms with Gasteiger partial charge in [0.05, 0.1) is 5.75 Å². The Balaban J connectivity index is 2.10. The summed E-state index contributed by atoms with van der Waals surface area (Å²) in [5.74, 6) is 0.620. The molecule has 1 atom stereocenters. The molecule has 16 heavy (non-hydrogen) atoms. The first-order valence-electron chi connectivity index (χ1n) is 6.07. The molecule has 0 aromatic carbocycles. The number of nitrogens with zero attached hydrogens (tertiary/aromatic N) is 1. The van der Waals surface area contributed by atoms with Crippen LogP contribution in [-0.2, 0) is 10.0 Å². The van der Waals surface area contributed by atoms with Crippen molar-refractivity contribution in [3.05, 3.63) is 0 Å². The third kappa shape index (κ3) is 2.13. The van der Waals surface area contributed by atoms with Crippen LogP contribution in [0.15, 0.2) is 0 Å². The summed E-state index contributed by atoms with van der Waals surface area (Å²) in [6.07, 6.45) is 4.93. The van der Waals surface area contributed by atoms with Crippen LogP contribution in [0.3, 0.4) is 0 Å². The molecule has 2 rings (SSSR count). The fraction of sp³-hybridized carbons (Fsp3) is 1.00. The van der Waals surface area contributed by atoms with Crippen LogP contribution in [0.5, 0.6) is 0 Å². The molecule has 1 N–H and O–H groups in total. The fourth-order valence-electron chi connectivity index (χ4n) is 3.16. The second kappa shape index (κ2) is 4.27. The van der Waals surface area contributed by atoms with E-state index in [0.29, 0.717) is 11.7 Å². The quantitative estimate of drug-likeness (QED) is 0.796. The third-order valence-electron chi connectivity index (χ3n) is 4.30. The summed E-state index contributed by atoms with van der Waals surface area (Å²) in [5, 5.41) is 3.38. The highest BCUT2D eigenvalue weighted by molar-refractivity contribution is 7.89. The molecule has 1 saturated heterocycles. The highest BCUT2D eigenvalue weighted by Gasteiger charge is 2.46. The lowest BCUT2D eigenvalue weighted by molar-refractivity contribution is 0.251. The van der Waals surface area contributed by atoms with E-state index in [0.717, 1.165) is 13.1 Å². The van der Waals surface area contributed by atoms with Crippen LogP contribution in [0.1, 0.15) is 25.7 Å². The molecule has 2 aliphatic rings. The Morgan fingerprint density at radius 2 is 1.94 bits per heavy atom. The van der Waals surface area contributed by atoms with Gasteiger partial charge in [0, 0.05) is 20.6 Å². The Hall–Kier alpha value is -0.130. The lowest BCUT2D eigenvalue weighted by Gasteiger charge is -2.30. The molecule has 5 heteroatoms. The summed E-state index contributed by atoms with van der Waals surface area (Å²) in [4.78, 5) is 0. The van der Waals surface area contributed by atoms with Crippen molar-refractivity contribution in [1.82, 2.24) is 9.62 Å². The zero-order valence-corrected chi connectivity index (χ0v) is 11.0. The van der Waals surface area contributed by atoms with Crippen molar-refractivity contribution in [3.63, 3.8) is 0 Å². The molecule has 1 saturated carbocycles. The summed E-state index contributed by atoms with van der Waals surface area (Å²) < 4.78 is 25.2. The van der Waals surface area contributed by atoms with Crippen molar-refractivity contribution in [2.75, 3.05) is 32.9 Å². The van der Waals surface area contributed by atoms with Gasteiger partial charge in [-0.15, -0.1) is 0 Å².